The standard InChI is InChI=1S/C10H16N6S/c1-3-8-10(17-15-14-8)7(11)5-9-12-6-13-16(9)4-2/h6-7H,3-5,11H2,1-2H3. The second kappa shape index (κ2) is 5.33. The van der Waals surface area contributed by atoms with Crippen molar-refractivity contribution in [3.8, 4) is 0 Å². The predicted molar refractivity (Wildman–Crippen MR) is 65.6 cm³/mol. The van der Waals surface area contributed by atoms with Crippen LogP contribution < -0.4 is 5.73 Å². The van der Waals surface area contributed by atoms with E-state index in [0.717, 1.165) is 29.4 Å². The van der Waals surface area contributed by atoms with Gasteiger partial charge in [-0.1, -0.05) is 11.4 Å². The fourth-order valence-electron chi connectivity index (χ4n) is 1.74. The van der Waals surface area contributed by atoms with Gasteiger partial charge in [-0.05, 0) is 24.9 Å². The Bertz CT molecular complexity index is 477. The molecule has 2 aromatic rings. The molecule has 0 radical (unpaired) electrons. The van der Waals surface area contributed by atoms with E-state index in [1.807, 2.05) is 11.6 Å². The molecule has 0 aliphatic rings. The van der Waals surface area contributed by atoms with E-state index in [1.54, 1.807) is 6.33 Å². The molecule has 0 fully saturated rings. The Kier molecular flexibility index (Phi) is 3.80. The van der Waals surface area contributed by atoms with E-state index in [0.29, 0.717) is 6.42 Å². The molecule has 17 heavy (non-hydrogen) atoms. The Labute approximate surface area is 104 Å². The molecule has 0 amide bonds. The summed E-state index contributed by atoms with van der Waals surface area (Å²) in [5, 5.41) is 8.21. The fraction of sp³-hybridized carbons (Fsp3) is 0.600. The zero-order valence-corrected chi connectivity index (χ0v) is 10.8. The minimum absolute atomic E-state index is 0.0977. The molecule has 0 saturated carbocycles. The first-order valence-electron chi connectivity index (χ1n) is 5.69. The van der Waals surface area contributed by atoms with Crippen LogP contribution in [-0.4, -0.2) is 24.4 Å². The Morgan fingerprint density at radius 2 is 2.29 bits per heavy atom. The van der Waals surface area contributed by atoms with E-state index in [1.165, 1.54) is 11.5 Å². The maximum Gasteiger partial charge on any atom is 0.138 e. The van der Waals surface area contributed by atoms with Gasteiger partial charge in [-0.3, -0.25) is 4.68 Å². The van der Waals surface area contributed by atoms with Gasteiger partial charge in [-0.25, -0.2) is 4.98 Å². The summed E-state index contributed by atoms with van der Waals surface area (Å²) in [4.78, 5) is 5.28. The highest BCUT2D eigenvalue weighted by Gasteiger charge is 2.17. The SMILES string of the molecule is CCc1nnsc1C(N)Cc1ncnn1CC. The highest BCUT2D eigenvalue weighted by molar-refractivity contribution is 7.05. The highest BCUT2D eigenvalue weighted by atomic mass is 32.1. The van der Waals surface area contributed by atoms with Crippen LogP contribution in [0.3, 0.4) is 0 Å². The molecule has 1 unspecified atom stereocenters. The lowest BCUT2D eigenvalue weighted by Gasteiger charge is -2.10. The van der Waals surface area contributed by atoms with Gasteiger partial charge in [0.2, 0.25) is 0 Å². The number of nitrogens with zero attached hydrogens (tertiary/aromatic N) is 5. The van der Waals surface area contributed by atoms with Crippen molar-refractivity contribution >= 4 is 11.5 Å². The fourth-order valence-corrected chi connectivity index (χ4v) is 2.48. The van der Waals surface area contributed by atoms with Gasteiger partial charge >= 0.3 is 0 Å². The molecule has 0 aliphatic heterocycles. The average Bonchev–Trinajstić information content (AvgIpc) is 2.96. The number of hydrogen-bond donors (Lipinski definition) is 1. The van der Waals surface area contributed by atoms with E-state index in [2.05, 4.69) is 26.6 Å². The number of rotatable bonds is 5. The van der Waals surface area contributed by atoms with Crippen molar-refractivity contribution in [2.45, 2.75) is 39.3 Å². The molecule has 0 aliphatic carbocycles. The van der Waals surface area contributed by atoms with Crippen molar-refractivity contribution in [2.75, 3.05) is 0 Å². The largest absolute Gasteiger partial charge is 0.323 e. The summed E-state index contributed by atoms with van der Waals surface area (Å²) in [6.07, 6.45) is 3.10. The van der Waals surface area contributed by atoms with Crippen LogP contribution in [0, 0.1) is 0 Å². The van der Waals surface area contributed by atoms with Gasteiger partial charge in [0.15, 0.2) is 0 Å². The molecular weight excluding hydrogens is 236 g/mol. The molecule has 6 nitrogen and oxygen atoms in total. The summed E-state index contributed by atoms with van der Waals surface area (Å²) in [5.74, 6) is 0.912. The predicted octanol–water partition coefficient (Wildman–Crippen LogP) is 0.954. The summed E-state index contributed by atoms with van der Waals surface area (Å²) in [5.41, 5.74) is 7.17. The first-order chi connectivity index (χ1) is 8.26. The molecule has 1 atom stereocenters. The second-order valence-electron chi connectivity index (χ2n) is 3.74. The van der Waals surface area contributed by atoms with Crippen molar-refractivity contribution < 1.29 is 0 Å². The first-order valence-corrected chi connectivity index (χ1v) is 6.47. The zero-order chi connectivity index (χ0) is 12.3. The van der Waals surface area contributed by atoms with Crippen LogP contribution in [0.5, 0.6) is 0 Å². The van der Waals surface area contributed by atoms with Crippen molar-refractivity contribution in [3.63, 3.8) is 0 Å². The van der Waals surface area contributed by atoms with E-state index in [-0.39, 0.29) is 6.04 Å². The zero-order valence-electron chi connectivity index (χ0n) is 10.00. The van der Waals surface area contributed by atoms with Gasteiger partial charge in [0.05, 0.1) is 10.6 Å². The van der Waals surface area contributed by atoms with Crippen molar-refractivity contribution in [2.24, 2.45) is 5.73 Å². The summed E-state index contributed by atoms with van der Waals surface area (Å²) < 4.78 is 5.82. The molecule has 92 valence electrons. The van der Waals surface area contributed by atoms with Gasteiger partial charge in [0.1, 0.15) is 12.2 Å². The third-order valence-corrected chi connectivity index (χ3v) is 3.55. The molecule has 2 N–H and O–H groups in total. The molecule has 2 aromatic heterocycles. The quantitative estimate of drug-likeness (QED) is 0.856. The average molecular weight is 252 g/mol. The Hall–Kier alpha value is -1.34. The minimum atomic E-state index is -0.0977. The summed E-state index contributed by atoms with van der Waals surface area (Å²) in [6, 6.07) is -0.0977. The molecule has 0 bridgehead atoms. The van der Waals surface area contributed by atoms with Crippen LogP contribution in [0.15, 0.2) is 6.33 Å². The van der Waals surface area contributed by atoms with E-state index < -0.39 is 0 Å². The van der Waals surface area contributed by atoms with E-state index in [9.17, 15) is 0 Å². The third-order valence-electron chi connectivity index (χ3n) is 2.65. The smallest absolute Gasteiger partial charge is 0.138 e. The molecule has 0 saturated heterocycles. The lowest BCUT2D eigenvalue weighted by atomic mass is 10.1. The first kappa shape index (κ1) is 12.1. The van der Waals surface area contributed by atoms with Crippen LogP contribution in [0.4, 0.5) is 0 Å². The number of aromatic nitrogens is 5. The molecule has 0 aromatic carbocycles. The lowest BCUT2D eigenvalue weighted by Crippen LogP contribution is -2.17. The topological polar surface area (TPSA) is 82.5 Å². The van der Waals surface area contributed by atoms with Gasteiger partial charge in [-0.15, -0.1) is 5.10 Å². The van der Waals surface area contributed by atoms with Crippen molar-refractivity contribution in [3.05, 3.63) is 22.7 Å². The second-order valence-corrected chi connectivity index (χ2v) is 4.53. The monoisotopic (exact) mass is 252 g/mol. The van der Waals surface area contributed by atoms with Gasteiger partial charge in [0, 0.05) is 19.0 Å². The number of hydrogen-bond acceptors (Lipinski definition) is 6. The third kappa shape index (κ3) is 2.50. The van der Waals surface area contributed by atoms with Crippen LogP contribution in [0.1, 0.15) is 36.3 Å². The maximum atomic E-state index is 6.18. The molecule has 0 spiro atoms. The van der Waals surface area contributed by atoms with Crippen molar-refractivity contribution in [1.29, 1.82) is 0 Å². The van der Waals surface area contributed by atoms with Gasteiger partial charge < -0.3 is 5.73 Å². The minimum Gasteiger partial charge on any atom is -0.323 e. The Morgan fingerprint density at radius 3 is 3.00 bits per heavy atom. The van der Waals surface area contributed by atoms with Crippen LogP contribution in [0.25, 0.3) is 0 Å². The maximum absolute atomic E-state index is 6.18. The lowest BCUT2D eigenvalue weighted by molar-refractivity contribution is 0.582. The number of nitrogens with two attached hydrogens (primary N) is 1. The molecule has 2 rings (SSSR count). The molecule has 7 heteroatoms. The van der Waals surface area contributed by atoms with E-state index in [4.69, 9.17) is 5.73 Å². The van der Waals surface area contributed by atoms with Gasteiger partial charge in [0.25, 0.3) is 0 Å². The van der Waals surface area contributed by atoms with Crippen molar-refractivity contribution in [1.82, 2.24) is 24.4 Å². The summed E-state index contributed by atoms with van der Waals surface area (Å²) in [7, 11) is 0. The van der Waals surface area contributed by atoms with Crippen LogP contribution >= 0.6 is 11.5 Å². The van der Waals surface area contributed by atoms with Crippen LogP contribution in [0.2, 0.25) is 0 Å². The van der Waals surface area contributed by atoms with Gasteiger partial charge in [-0.2, -0.15) is 5.10 Å². The Balaban J connectivity index is 2.14. The Morgan fingerprint density at radius 1 is 1.47 bits per heavy atom. The van der Waals surface area contributed by atoms with E-state index >= 15 is 0 Å². The normalized spacial score (nSPS) is 12.9. The highest BCUT2D eigenvalue weighted by Crippen LogP contribution is 2.21. The number of aryl methyl sites for hydroxylation is 2. The van der Waals surface area contributed by atoms with Crippen LogP contribution in [-0.2, 0) is 19.4 Å². The molecule has 2 heterocycles. The molecular formula is C10H16N6S. The summed E-state index contributed by atoms with van der Waals surface area (Å²) >= 11 is 1.37. The summed E-state index contributed by atoms with van der Waals surface area (Å²) in [6.45, 7) is 4.90.